The first-order chi connectivity index (χ1) is 8.22. The maximum absolute atomic E-state index is 11.3. The van der Waals surface area contributed by atoms with Crippen LogP contribution in [0.1, 0.15) is 24.0 Å². The molecule has 0 radical (unpaired) electrons. The summed E-state index contributed by atoms with van der Waals surface area (Å²) in [6, 6.07) is 0. The molecule has 3 nitrogen and oxygen atoms in total. The average molecular weight is 250 g/mol. The Bertz CT molecular complexity index is 407. The lowest BCUT2D eigenvalue weighted by molar-refractivity contribution is -0.116. The lowest BCUT2D eigenvalue weighted by atomic mass is 10.3. The van der Waals surface area contributed by atoms with Crippen molar-refractivity contribution in [3.05, 3.63) is 40.4 Å². The van der Waals surface area contributed by atoms with E-state index in [1.807, 2.05) is 31.4 Å². The maximum Gasteiger partial charge on any atom is 0.243 e. The van der Waals surface area contributed by atoms with Crippen LogP contribution >= 0.6 is 11.3 Å². The van der Waals surface area contributed by atoms with Crippen molar-refractivity contribution >= 4 is 17.2 Å². The van der Waals surface area contributed by atoms with E-state index in [1.54, 1.807) is 17.4 Å². The molecule has 1 rings (SSSR count). The smallest absolute Gasteiger partial charge is 0.243 e. The number of nitrogens with zero attached hydrogens (tertiary/aromatic N) is 1. The highest BCUT2D eigenvalue weighted by atomic mass is 32.1. The number of allylic oxidation sites excluding steroid dienone is 3. The summed E-state index contributed by atoms with van der Waals surface area (Å²) in [7, 11) is 0. The summed E-state index contributed by atoms with van der Waals surface area (Å²) in [5.41, 5.74) is 1.07. The number of nitrogens with one attached hydrogen (secondary N) is 1. The summed E-state index contributed by atoms with van der Waals surface area (Å²) in [6.45, 7) is 4.60. The quantitative estimate of drug-likeness (QED) is 0.479. The van der Waals surface area contributed by atoms with Gasteiger partial charge in [-0.05, 0) is 20.3 Å². The second kappa shape index (κ2) is 7.79. The topological polar surface area (TPSA) is 42.0 Å². The van der Waals surface area contributed by atoms with Crippen molar-refractivity contribution in [2.75, 3.05) is 6.54 Å². The minimum atomic E-state index is -0.0431. The first-order valence-corrected chi connectivity index (χ1v) is 6.58. The Hall–Kier alpha value is -1.42. The highest BCUT2D eigenvalue weighted by Crippen LogP contribution is 2.10. The Balaban J connectivity index is 2.14. The Morgan fingerprint density at radius 1 is 1.53 bits per heavy atom. The first kappa shape index (κ1) is 13.6. The van der Waals surface area contributed by atoms with Gasteiger partial charge in [0, 0.05) is 30.1 Å². The van der Waals surface area contributed by atoms with Crippen LogP contribution in [0.25, 0.3) is 0 Å². The molecular weight excluding hydrogens is 232 g/mol. The largest absolute Gasteiger partial charge is 0.353 e. The second-order valence-corrected chi connectivity index (χ2v) is 4.60. The molecule has 0 atom stereocenters. The monoisotopic (exact) mass is 250 g/mol. The Morgan fingerprint density at radius 3 is 3.00 bits per heavy atom. The third kappa shape index (κ3) is 6.02. The van der Waals surface area contributed by atoms with E-state index in [2.05, 4.69) is 10.3 Å². The lowest BCUT2D eigenvalue weighted by Crippen LogP contribution is -2.22. The fourth-order valence-electron chi connectivity index (χ4n) is 1.28. The summed E-state index contributed by atoms with van der Waals surface area (Å²) < 4.78 is 0. The van der Waals surface area contributed by atoms with E-state index in [1.165, 1.54) is 6.08 Å². The molecule has 1 N–H and O–H groups in total. The van der Waals surface area contributed by atoms with E-state index in [4.69, 9.17) is 0 Å². The second-order valence-electron chi connectivity index (χ2n) is 3.66. The van der Waals surface area contributed by atoms with Gasteiger partial charge in [-0.1, -0.05) is 18.2 Å². The van der Waals surface area contributed by atoms with Crippen molar-refractivity contribution in [1.29, 1.82) is 0 Å². The Labute approximate surface area is 106 Å². The van der Waals surface area contributed by atoms with E-state index in [-0.39, 0.29) is 5.91 Å². The van der Waals surface area contributed by atoms with Gasteiger partial charge in [0.15, 0.2) is 0 Å². The van der Waals surface area contributed by atoms with Crippen molar-refractivity contribution in [3.63, 3.8) is 0 Å². The van der Waals surface area contributed by atoms with Crippen molar-refractivity contribution in [2.45, 2.75) is 26.7 Å². The summed E-state index contributed by atoms with van der Waals surface area (Å²) in [5.74, 6) is -0.0431. The summed E-state index contributed by atoms with van der Waals surface area (Å²) in [5, 5.41) is 6.03. The molecule has 17 heavy (non-hydrogen) atoms. The lowest BCUT2D eigenvalue weighted by Gasteiger charge is -2.00. The van der Waals surface area contributed by atoms with Crippen molar-refractivity contribution < 1.29 is 4.79 Å². The van der Waals surface area contributed by atoms with Crippen LogP contribution in [0.15, 0.2) is 29.7 Å². The van der Waals surface area contributed by atoms with Crippen LogP contribution in [-0.4, -0.2) is 17.4 Å². The third-order valence-electron chi connectivity index (χ3n) is 2.08. The van der Waals surface area contributed by atoms with Gasteiger partial charge in [-0.25, -0.2) is 4.98 Å². The van der Waals surface area contributed by atoms with Crippen LogP contribution in [-0.2, 0) is 11.2 Å². The number of aromatic nitrogens is 1. The van der Waals surface area contributed by atoms with Crippen LogP contribution in [0.5, 0.6) is 0 Å². The van der Waals surface area contributed by atoms with Gasteiger partial charge in [-0.15, -0.1) is 11.3 Å². The van der Waals surface area contributed by atoms with Crippen molar-refractivity contribution in [3.8, 4) is 0 Å². The number of rotatable bonds is 6. The Morgan fingerprint density at radius 2 is 2.35 bits per heavy atom. The molecule has 0 unspecified atom stereocenters. The van der Waals surface area contributed by atoms with Gasteiger partial charge in [0.05, 0.1) is 5.01 Å². The predicted octanol–water partition coefficient (Wildman–Crippen LogP) is 2.63. The zero-order valence-electron chi connectivity index (χ0n) is 10.3. The first-order valence-electron chi connectivity index (χ1n) is 5.70. The fraction of sp³-hybridized carbons (Fsp3) is 0.385. The molecular formula is C13H18N2OS. The molecule has 0 spiro atoms. The molecule has 0 fully saturated rings. The number of carbonyl (C=O) groups excluding carboxylic acids is 1. The van der Waals surface area contributed by atoms with Crippen molar-refractivity contribution in [1.82, 2.24) is 10.3 Å². The third-order valence-corrected chi connectivity index (χ3v) is 3.11. The van der Waals surface area contributed by atoms with E-state index in [9.17, 15) is 4.79 Å². The molecule has 0 saturated carbocycles. The molecule has 0 aliphatic carbocycles. The number of aryl methyl sites for hydroxylation is 2. The zero-order chi connectivity index (χ0) is 12.5. The maximum atomic E-state index is 11.3. The average Bonchev–Trinajstić information content (AvgIpc) is 2.71. The normalized spacial score (nSPS) is 11.4. The van der Waals surface area contributed by atoms with Crippen LogP contribution < -0.4 is 5.32 Å². The molecule has 1 aromatic heterocycles. The van der Waals surface area contributed by atoms with Gasteiger partial charge in [0.2, 0.25) is 5.91 Å². The molecule has 0 aromatic carbocycles. The molecule has 1 heterocycles. The molecule has 1 aromatic rings. The number of carbonyl (C=O) groups is 1. The molecule has 0 aliphatic rings. The summed E-state index contributed by atoms with van der Waals surface area (Å²) >= 11 is 1.68. The molecule has 92 valence electrons. The summed E-state index contributed by atoms with van der Waals surface area (Å²) in [4.78, 5) is 15.7. The van der Waals surface area contributed by atoms with E-state index < -0.39 is 0 Å². The van der Waals surface area contributed by atoms with Gasteiger partial charge in [-0.3, -0.25) is 4.79 Å². The highest BCUT2D eigenvalue weighted by Gasteiger charge is 1.99. The van der Waals surface area contributed by atoms with E-state index >= 15 is 0 Å². The van der Waals surface area contributed by atoms with Crippen LogP contribution in [0.2, 0.25) is 0 Å². The minimum Gasteiger partial charge on any atom is -0.353 e. The van der Waals surface area contributed by atoms with Crippen LogP contribution in [0, 0.1) is 6.92 Å². The SMILES string of the molecule is C/C=C/C=C/C(=O)NCCCc1nc(C)cs1. The molecule has 0 saturated heterocycles. The van der Waals surface area contributed by atoms with Gasteiger partial charge in [0.25, 0.3) is 0 Å². The van der Waals surface area contributed by atoms with Gasteiger partial charge >= 0.3 is 0 Å². The molecule has 1 amide bonds. The van der Waals surface area contributed by atoms with Gasteiger partial charge < -0.3 is 5.32 Å². The predicted molar refractivity (Wildman–Crippen MR) is 72.1 cm³/mol. The highest BCUT2D eigenvalue weighted by molar-refractivity contribution is 7.09. The number of hydrogen-bond donors (Lipinski definition) is 1. The van der Waals surface area contributed by atoms with E-state index in [0.717, 1.165) is 23.5 Å². The zero-order valence-corrected chi connectivity index (χ0v) is 11.1. The van der Waals surface area contributed by atoms with Gasteiger partial charge in [0.1, 0.15) is 0 Å². The number of amides is 1. The van der Waals surface area contributed by atoms with E-state index in [0.29, 0.717) is 6.54 Å². The molecule has 0 bridgehead atoms. The number of hydrogen-bond acceptors (Lipinski definition) is 3. The molecule has 0 aliphatic heterocycles. The van der Waals surface area contributed by atoms with Crippen molar-refractivity contribution in [2.24, 2.45) is 0 Å². The van der Waals surface area contributed by atoms with Crippen LogP contribution in [0.3, 0.4) is 0 Å². The standard InChI is InChI=1S/C13H18N2OS/c1-3-4-5-7-12(16)14-9-6-8-13-15-11(2)10-17-13/h3-5,7,10H,6,8-9H2,1-2H3,(H,14,16)/b4-3+,7-5+. The van der Waals surface area contributed by atoms with Gasteiger partial charge in [-0.2, -0.15) is 0 Å². The molecule has 4 heteroatoms. The summed E-state index contributed by atoms with van der Waals surface area (Å²) in [6.07, 6.45) is 8.84. The Kier molecular flexibility index (Phi) is 6.25. The number of thiazole rings is 1. The van der Waals surface area contributed by atoms with Crippen LogP contribution in [0.4, 0.5) is 0 Å². The minimum absolute atomic E-state index is 0.0431. The fourth-order valence-corrected chi connectivity index (χ4v) is 2.10.